The standard InChI is InChI=1S/C19H22F2N2O3/c20-19(21,15-6-2-1-3-7-15)11-10-17(24)16-8-9-18(25)23(16)12-4-5-13-26-14-22/h1-3,6-7,10,16,24H,4-5,8-9,11-13H2/t16-/m1/s1. The van der Waals surface area contributed by atoms with Crippen LogP contribution in [0.15, 0.2) is 42.2 Å². The summed E-state index contributed by atoms with van der Waals surface area (Å²) in [6.45, 7) is 0.666. The normalized spacial score (nSPS) is 18.0. The maximum Gasteiger partial charge on any atom is 0.286 e. The molecular weight excluding hydrogens is 342 g/mol. The number of carbonyl (C=O) groups is 1. The second-order valence-corrected chi connectivity index (χ2v) is 6.19. The number of benzene rings is 1. The van der Waals surface area contributed by atoms with Crippen LogP contribution in [0.5, 0.6) is 0 Å². The summed E-state index contributed by atoms with van der Waals surface area (Å²) in [5.74, 6) is -3.39. The van der Waals surface area contributed by atoms with E-state index in [1.165, 1.54) is 17.0 Å². The van der Waals surface area contributed by atoms with Crippen LogP contribution in [0, 0.1) is 11.5 Å². The fraction of sp³-hybridized carbons (Fsp3) is 0.474. The minimum absolute atomic E-state index is 0.106. The van der Waals surface area contributed by atoms with E-state index in [0.29, 0.717) is 25.8 Å². The molecule has 1 aromatic carbocycles. The van der Waals surface area contributed by atoms with Gasteiger partial charge in [0.25, 0.3) is 12.2 Å². The Balaban J connectivity index is 1.95. The number of unbranched alkanes of at least 4 members (excludes halogenated alkanes) is 1. The summed E-state index contributed by atoms with van der Waals surface area (Å²) in [6.07, 6.45) is 3.96. The van der Waals surface area contributed by atoms with Crippen molar-refractivity contribution in [3.05, 3.63) is 47.7 Å². The van der Waals surface area contributed by atoms with Crippen LogP contribution in [0.25, 0.3) is 0 Å². The monoisotopic (exact) mass is 364 g/mol. The van der Waals surface area contributed by atoms with Gasteiger partial charge in [0.15, 0.2) is 0 Å². The SMILES string of the molecule is N#COCCCCN1C(=O)CC[C@@H]1C(O)=CCC(F)(F)c1ccccc1. The second kappa shape index (κ2) is 9.18. The first kappa shape index (κ1) is 19.7. The lowest BCUT2D eigenvalue weighted by Gasteiger charge is -2.25. The van der Waals surface area contributed by atoms with Crippen LogP contribution in [0.1, 0.15) is 37.7 Å². The molecule has 26 heavy (non-hydrogen) atoms. The highest BCUT2D eigenvalue weighted by molar-refractivity contribution is 5.79. The summed E-state index contributed by atoms with van der Waals surface area (Å²) in [7, 11) is 0. The molecule has 1 atom stereocenters. The highest BCUT2D eigenvalue weighted by atomic mass is 19.3. The molecule has 7 heteroatoms. The van der Waals surface area contributed by atoms with Crippen molar-refractivity contribution in [2.75, 3.05) is 13.2 Å². The quantitative estimate of drug-likeness (QED) is 0.410. The minimum Gasteiger partial charge on any atom is -0.510 e. The fourth-order valence-electron chi connectivity index (χ4n) is 2.99. The summed E-state index contributed by atoms with van der Waals surface area (Å²) < 4.78 is 33.0. The van der Waals surface area contributed by atoms with Crippen molar-refractivity contribution < 1.29 is 23.4 Å². The lowest BCUT2D eigenvalue weighted by atomic mass is 10.0. The summed E-state index contributed by atoms with van der Waals surface area (Å²) in [5.41, 5.74) is -0.110. The number of likely N-dealkylation sites (tertiary alicyclic amines) is 1. The maximum atomic E-state index is 14.2. The summed E-state index contributed by atoms with van der Waals surface area (Å²) in [4.78, 5) is 13.5. The predicted molar refractivity (Wildman–Crippen MR) is 91.2 cm³/mol. The lowest BCUT2D eigenvalue weighted by Crippen LogP contribution is -2.35. The van der Waals surface area contributed by atoms with Crippen LogP contribution in [0.2, 0.25) is 0 Å². The van der Waals surface area contributed by atoms with E-state index in [4.69, 9.17) is 5.26 Å². The van der Waals surface area contributed by atoms with Gasteiger partial charge >= 0.3 is 0 Å². The first-order valence-corrected chi connectivity index (χ1v) is 8.58. The number of halogens is 2. The molecule has 0 aliphatic carbocycles. The van der Waals surface area contributed by atoms with Crippen LogP contribution in [0.4, 0.5) is 8.78 Å². The fourth-order valence-corrected chi connectivity index (χ4v) is 2.99. The third kappa shape index (κ3) is 5.19. The van der Waals surface area contributed by atoms with Gasteiger partial charge in [0.1, 0.15) is 12.4 Å². The Hall–Kier alpha value is -2.62. The highest BCUT2D eigenvalue weighted by Crippen LogP contribution is 2.33. The van der Waals surface area contributed by atoms with Gasteiger partial charge in [-0.15, -0.1) is 0 Å². The van der Waals surface area contributed by atoms with Gasteiger partial charge in [-0.3, -0.25) is 4.79 Å². The molecule has 140 valence electrons. The predicted octanol–water partition coefficient (Wildman–Crippen LogP) is 3.88. The molecule has 0 aromatic heterocycles. The first-order valence-electron chi connectivity index (χ1n) is 8.58. The number of rotatable bonds is 9. The number of amides is 1. The van der Waals surface area contributed by atoms with Gasteiger partial charge in [0.2, 0.25) is 5.91 Å². The topological polar surface area (TPSA) is 73.6 Å². The number of hydrogen-bond donors (Lipinski definition) is 1. The van der Waals surface area contributed by atoms with Crippen molar-refractivity contribution in [3.63, 3.8) is 0 Å². The molecule has 1 N–H and O–H groups in total. The second-order valence-electron chi connectivity index (χ2n) is 6.19. The molecule has 1 aliphatic rings. The van der Waals surface area contributed by atoms with E-state index in [0.717, 1.165) is 6.08 Å². The van der Waals surface area contributed by atoms with Gasteiger partial charge in [0.05, 0.1) is 6.04 Å². The van der Waals surface area contributed by atoms with Gasteiger partial charge in [-0.1, -0.05) is 30.3 Å². The smallest absolute Gasteiger partial charge is 0.286 e. The zero-order valence-corrected chi connectivity index (χ0v) is 14.4. The van der Waals surface area contributed by atoms with Crippen molar-refractivity contribution in [2.45, 2.75) is 44.1 Å². The molecule has 1 amide bonds. The number of carbonyl (C=O) groups excluding carboxylic acids is 1. The van der Waals surface area contributed by atoms with Crippen molar-refractivity contribution >= 4 is 5.91 Å². The number of ether oxygens (including phenoxy) is 1. The molecule has 1 aromatic rings. The Morgan fingerprint density at radius 2 is 2.12 bits per heavy atom. The zero-order valence-electron chi connectivity index (χ0n) is 14.4. The first-order chi connectivity index (χ1) is 12.5. The molecular formula is C19H22F2N2O3. The number of aliphatic hydroxyl groups excluding tert-OH is 1. The Labute approximate surface area is 151 Å². The number of allylic oxidation sites excluding steroid dienone is 1. The van der Waals surface area contributed by atoms with Gasteiger partial charge < -0.3 is 14.7 Å². The Bertz CT molecular complexity index is 671. The molecule has 1 aliphatic heterocycles. The molecule has 0 spiro atoms. The van der Waals surface area contributed by atoms with Crippen molar-refractivity contribution in [1.82, 2.24) is 4.90 Å². The van der Waals surface area contributed by atoms with Gasteiger partial charge in [-0.25, -0.2) is 8.78 Å². The molecule has 2 rings (SSSR count). The minimum atomic E-state index is -3.09. The van der Waals surface area contributed by atoms with Crippen molar-refractivity contribution in [3.8, 4) is 6.26 Å². The lowest BCUT2D eigenvalue weighted by molar-refractivity contribution is -0.129. The van der Waals surface area contributed by atoms with E-state index in [-0.39, 0.29) is 30.3 Å². The molecule has 0 unspecified atom stereocenters. The van der Waals surface area contributed by atoms with Crippen LogP contribution >= 0.6 is 0 Å². The van der Waals surface area contributed by atoms with Crippen LogP contribution in [-0.4, -0.2) is 35.1 Å². The summed E-state index contributed by atoms with van der Waals surface area (Å²) >= 11 is 0. The van der Waals surface area contributed by atoms with E-state index in [1.807, 2.05) is 0 Å². The average molecular weight is 364 g/mol. The Morgan fingerprint density at radius 1 is 1.38 bits per heavy atom. The number of hydrogen-bond acceptors (Lipinski definition) is 4. The number of alkyl halides is 2. The van der Waals surface area contributed by atoms with Crippen LogP contribution in [0.3, 0.4) is 0 Å². The molecule has 1 heterocycles. The molecule has 0 saturated carbocycles. The maximum absolute atomic E-state index is 14.2. The van der Waals surface area contributed by atoms with E-state index in [1.54, 1.807) is 24.5 Å². The van der Waals surface area contributed by atoms with Crippen molar-refractivity contribution in [2.24, 2.45) is 0 Å². The van der Waals surface area contributed by atoms with Crippen LogP contribution < -0.4 is 0 Å². The van der Waals surface area contributed by atoms with E-state index < -0.39 is 18.4 Å². The van der Waals surface area contributed by atoms with E-state index in [2.05, 4.69) is 4.74 Å². The Morgan fingerprint density at radius 3 is 2.81 bits per heavy atom. The summed E-state index contributed by atoms with van der Waals surface area (Å²) in [6, 6.07) is 6.88. The molecule has 0 radical (unpaired) electrons. The third-order valence-corrected chi connectivity index (χ3v) is 4.39. The number of nitrogens with zero attached hydrogens (tertiary/aromatic N) is 2. The zero-order chi connectivity index (χ0) is 19.0. The molecule has 0 bridgehead atoms. The van der Waals surface area contributed by atoms with Gasteiger partial charge in [-0.05, 0) is 25.3 Å². The highest BCUT2D eigenvalue weighted by Gasteiger charge is 2.35. The molecule has 1 fully saturated rings. The molecule has 1 saturated heterocycles. The largest absolute Gasteiger partial charge is 0.510 e. The van der Waals surface area contributed by atoms with Gasteiger partial charge in [-0.2, -0.15) is 5.26 Å². The molecule has 5 nitrogen and oxygen atoms in total. The Kier molecular flexibility index (Phi) is 6.96. The van der Waals surface area contributed by atoms with Gasteiger partial charge in [0, 0.05) is 24.9 Å². The third-order valence-electron chi connectivity index (χ3n) is 4.39. The van der Waals surface area contributed by atoms with E-state index >= 15 is 0 Å². The number of aliphatic hydroxyl groups is 1. The average Bonchev–Trinajstić information content (AvgIpc) is 3.01. The number of nitriles is 1. The van der Waals surface area contributed by atoms with Crippen LogP contribution in [-0.2, 0) is 15.5 Å². The van der Waals surface area contributed by atoms with Crippen molar-refractivity contribution in [1.29, 1.82) is 5.26 Å². The van der Waals surface area contributed by atoms with E-state index in [9.17, 15) is 18.7 Å². The summed E-state index contributed by atoms with van der Waals surface area (Å²) in [5, 5.41) is 18.6.